The van der Waals surface area contributed by atoms with Crippen LogP contribution in [0, 0.1) is 0 Å². The van der Waals surface area contributed by atoms with E-state index in [2.05, 4.69) is 32.0 Å². The van der Waals surface area contributed by atoms with Crippen molar-refractivity contribution in [3.8, 4) is 0 Å². The van der Waals surface area contributed by atoms with Gasteiger partial charge in [0.2, 0.25) is 0 Å². The summed E-state index contributed by atoms with van der Waals surface area (Å²) in [5.41, 5.74) is 4.27. The van der Waals surface area contributed by atoms with Crippen molar-refractivity contribution in [3.63, 3.8) is 0 Å². The van der Waals surface area contributed by atoms with Crippen molar-refractivity contribution in [1.82, 2.24) is 24.5 Å². The highest BCUT2D eigenvalue weighted by atomic mass is 15.4. The van der Waals surface area contributed by atoms with Gasteiger partial charge in [0.15, 0.2) is 0 Å². The number of fused-ring (bicyclic) bond motifs is 2. The van der Waals surface area contributed by atoms with Crippen molar-refractivity contribution in [2.45, 2.75) is 19.5 Å². The van der Waals surface area contributed by atoms with Crippen LogP contribution in [0.15, 0.2) is 54.9 Å². The third-order valence-electron chi connectivity index (χ3n) is 3.72. The summed E-state index contributed by atoms with van der Waals surface area (Å²) in [6, 6.07) is 16.3. The monoisotopic (exact) mass is 277 g/mol. The van der Waals surface area contributed by atoms with Gasteiger partial charge in [-0.2, -0.15) is 0 Å². The Bertz CT molecular complexity index is 816. The van der Waals surface area contributed by atoms with Gasteiger partial charge in [0.1, 0.15) is 5.52 Å². The van der Waals surface area contributed by atoms with Crippen molar-refractivity contribution in [2.24, 2.45) is 0 Å². The van der Waals surface area contributed by atoms with Crippen LogP contribution < -0.4 is 0 Å². The van der Waals surface area contributed by atoms with Gasteiger partial charge in [0, 0.05) is 13.1 Å². The van der Waals surface area contributed by atoms with Crippen LogP contribution in [0.5, 0.6) is 0 Å². The van der Waals surface area contributed by atoms with Gasteiger partial charge >= 0.3 is 0 Å². The summed E-state index contributed by atoms with van der Waals surface area (Å²) in [5, 5.41) is 8.40. The summed E-state index contributed by atoms with van der Waals surface area (Å²) in [6.07, 6.45) is 2.90. The van der Waals surface area contributed by atoms with Crippen LogP contribution in [0.4, 0.5) is 0 Å². The third-order valence-corrected chi connectivity index (χ3v) is 3.72. The van der Waals surface area contributed by atoms with Crippen LogP contribution in [0.1, 0.15) is 6.42 Å². The minimum atomic E-state index is 0.854. The van der Waals surface area contributed by atoms with Crippen LogP contribution in [-0.4, -0.2) is 24.5 Å². The van der Waals surface area contributed by atoms with Gasteiger partial charge in [-0.15, -0.1) is 5.10 Å². The summed E-state index contributed by atoms with van der Waals surface area (Å²) in [7, 11) is 0. The molecule has 21 heavy (non-hydrogen) atoms. The molecule has 4 aromatic rings. The fraction of sp³-hybridized carbons (Fsp3) is 0.188. The SMILES string of the molecule is c1ccc2c(c1)ncn2CCCn1nnc2ccccc21. The smallest absolute Gasteiger partial charge is 0.113 e. The summed E-state index contributed by atoms with van der Waals surface area (Å²) < 4.78 is 4.16. The topological polar surface area (TPSA) is 48.5 Å². The molecule has 4 rings (SSSR count). The molecule has 0 fully saturated rings. The standard InChI is InChI=1S/C16H15N5/c1-3-8-15-13(6-1)17-12-20(15)10-5-11-21-16-9-4-2-7-14(16)18-19-21/h1-4,6-9,12H,5,10-11H2. The Balaban J connectivity index is 1.50. The first kappa shape index (κ1) is 12.1. The van der Waals surface area contributed by atoms with Gasteiger partial charge in [-0.05, 0) is 30.7 Å². The lowest BCUT2D eigenvalue weighted by Crippen LogP contribution is -2.04. The first-order chi connectivity index (χ1) is 10.4. The van der Waals surface area contributed by atoms with E-state index in [1.807, 2.05) is 47.4 Å². The summed E-state index contributed by atoms with van der Waals surface area (Å²) in [6.45, 7) is 1.78. The quantitative estimate of drug-likeness (QED) is 0.576. The lowest BCUT2D eigenvalue weighted by Gasteiger charge is -2.05. The molecule has 0 aliphatic heterocycles. The van der Waals surface area contributed by atoms with Gasteiger partial charge < -0.3 is 4.57 Å². The van der Waals surface area contributed by atoms with Gasteiger partial charge in [-0.3, -0.25) is 0 Å². The number of aryl methyl sites for hydroxylation is 2. The molecule has 2 aromatic heterocycles. The molecule has 0 amide bonds. The fourth-order valence-electron chi connectivity index (χ4n) is 2.66. The van der Waals surface area contributed by atoms with E-state index < -0.39 is 0 Å². The third kappa shape index (κ3) is 2.16. The predicted octanol–water partition coefficient (Wildman–Crippen LogP) is 2.87. The van der Waals surface area contributed by atoms with Crippen LogP contribution in [0.25, 0.3) is 22.1 Å². The molecule has 2 heterocycles. The van der Waals surface area contributed by atoms with Gasteiger partial charge in [0.25, 0.3) is 0 Å². The predicted molar refractivity (Wildman–Crippen MR) is 81.9 cm³/mol. The van der Waals surface area contributed by atoms with Gasteiger partial charge in [-0.25, -0.2) is 9.67 Å². The zero-order chi connectivity index (χ0) is 14.1. The molecule has 104 valence electrons. The second-order valence-electron chi connectivity index (χ2n) is 5.08. The summed E-state index contributed by atoms with van der Waals surface area (Å²) in [4.78, 5) is 4.41. The number of rotatable bonds is 4. The highest BCUT2D eigenvalue weighted by Crippen LogP contribution is 2.13. The Morgan fingerprint density at radius 3 is 2.48 bits per heavy atom. The number of benzene rings is 2. The van der Waals surface area contributed by atoms with E-state index in [-0.39, 0.29) is 0 Å². The maximum absolute atomic E-state index is 4.41. The molecule has 2 aromatic carbocycles. The highest BCUT2D eigenvalue weighted by Gasteiger charge is 2.04. The first-order valence-corrected chi connectivity index (χ1v) is 7.10. The molecule has 0 spiro atoms. The van der Waals surface area contributed by atoms with E-state index in [1.165, 1.54) is 5.52 Å². The van der Waals surface area contributed by atoms with E-state index >= 15 is 0 Å². The molecule has 0 saturated carbocycles. The molecule has 0 saturated heterocycles. The van der Waals surface area contributed by atoms with Crippen molar-refractivity contribution >= 4 is 22.1 Å². The molecular weight excluding hydrogens is 262 g/mol. The average molecular weight is 277 g/mol. The number of imidazole rings is 1. The van der Waals surface area contributed by atoms with Gasteiger partial charge in [0.05, 0.1) is 22.9 Å². The van der Waals surface area contributed by atoms with E-state index in [1.54, 1.807) is 0 Å². The van der Waals surface area contributed by atoms with Crippen molar-refractivity contribution in [3.05, 3.63) is 54.9 Å². The Hall–Kier alpha value is -2.69. The number of nitrogens with zero attached hydrogens (tertiary/aromatic N) is 5. The van der Waals surface area contributed by atoms with Crippen LogP contribution in [0.2, 0.25) is 0 Å². The average Bonchev–Trinajstić information content (AvgIpc) is 3.13. The molecule has 5 heteroatoms. The van der Waals surface area contributed by atoms with E-state index in [9.17, 15) is 0 Å². The molecule has 0 radical (unpaired) electrons. The van der Waals surface area contributed by atoms with E-state index in [4.69, 9.17) is 0 Å². The maximum Gasteiger partial charge on any atom is 0.113 e. The highest BCUT2D eigenvalue weighted by molar-refractivity contribution is 5.75. The van der Waals surface area contributed by atoms with Crippen LogP contribution in [0.3, 0.4) is 0 Å². The summed E-state index contributed by atoms with van der Waals surface area (Å²) in [5.74, 6) is 0. The number of hydrogen-bond acceptors (Lipinski definition) is 3. The maximum atomic E-state index is 4.41. The Morgan fingerprint density at radius 2 is 1.57 bits per heavy atom. The molecule has 5 nitrogen and oxygen atoms in total. The Kier molecular flexibility index (Phi) is 2.88. The van der Waals surface area contributed by atoms with E-state index in [0.717, 1.165) is 36.1 Å². The van der Waals surface area contributed by atoms with Crippen molar-refractivity contribution in [1.29, 1.82) is 0 Å². The zero-order valence-corrected chi connectivity index (χ0v) is 11.6. The van der Waals surface area contributed by atoms with Crippen molar-refractivity contribution < 1.29 is 0 Å². The molecule has 0 aliphatic carbocycles. The fourth-order valence-corrected chi connectivity index (χ4v) is 2.66. The Labute approximate surface area is 121 Å². The number of hydrogen-bond donors (Lipinski definition) is 0. The number of para-hydroxylation sites is 3. The molecule has 0 bridgehead atoms. The van der Waals surface area contributed by atoms with Gasteiger partial charge in [-0.1, -0.05) is 29.5 Å². The molecule has 0 atom stereocenters. The number of aromatic nitrogens is 5. The minimum absolute atomic E-state index is 0.854. The molecular formula is C16H15N5. The first-order valence-electron chi connectivity index (χ1n) is 7.10. The van der Waals surface area contributed by atoms with Crippen LogP contribution in [-0.2, 0) is 13.1 Å². The minimum Gasteiger partial charge on any atom is -0.331 e. The summed E-state index contributed by atoms with van der Waals surface area (Å²) >= 11 is 0. The second-order valence-corrected chi connectivity index (χ2v) is 5.08. The molecule has 0 N–H and O–H groups in total. The lowest BCUT2D eigenvalue weighted by molar-refractivity contribution is 0.530. The zero-order valence-electron chi connectivity index (χ0n) is 11.6. The molecule has 0 aliphatic rings. The van der Waals surface area contributed by atoms with Crippen molar-refractivity contribution in [2.75, 3.05) is 0 Å². The normalized spacial score (nSPS) is 11.4. The molecule has 0 unspecified atom stereocenters. The van der Waals surface area contributed by atoms with Crippen LogP contribution >= 0.6 is 0 Å². The lowest BCUT2D eigenvalue weighted by atomic mass is 10.3. The van der Waals surface area contributed by atoms with E-state index in [0.29, 0.717) is 0 Å². The second kappa shape index (κ2) is 5.01. The largest absolute Gasteiger partial charge is 0.331 e. The Morgan fingerprint density at radius 1 is 0.810 bits per heavy atom.